The second-order valence-electron chi connectivity index (χ2n) is 6.07. The number of amides is 1. The standard InChI is InChI=1S/C19H23NO7S/c1-10-11-5-6-14(25-2)17(26-3)16(11)27-19(24)12(10)9-15(21)20-13(18(22)23)7-8-28-4/h5-6,13H,7-9H2,1-4H3,(H,20,21)(H,22,23)/p-1/t13-/m0/s1. The number of aliphatic carboxylic acids is 1. The Morgan fingerprint density at radius 2 is 2.00 bits per heavy atom. The smallest absolute Gasteiger partial charge is 0.340 e. The molecule has 0 unspecified atom stereocenters. The van der Waals surface area contributed by atoms with E-state index < -0.39 is 23.5 Å². The van der Waals surface area contributed by atoms with Gasteiger partial charge in [0.25, 0.3) is 0 Å². The zero-order chi connectivity index (χ0) is 20.8. The number of hydrogen-bond donors (Lipinski definition) is 1. The number of aryl methyl sites for hydroxylation is 1. The van der Waals surface area contributed by atoms with E-state index in [1.807, 2.05) is 6.26 Å². The summed E-state index contributed by atoms with van der Waals surface area (Å²) in [4.78, 5) is 36.0. The molecule has 2 rings (SSSR count). The van der Waals surface area contributed by atoms with E-state index in [4.69, 9.17) is 13.9 Å². The normalized spacial score (nSPS) is 11.9. The predicted molar refractivity (Wildman–Crippen MR) is 104 cm³/mol. The van der Waals surface area contributed by atoms with Crippen LogP contribution in [0, 0.1) is 6.92 Å². The zero-order valence-electron chi connectivity index (χ0n) is 16.1. The van der Waals surface area contributed by atoms with Gasteiger partial charge in [0.05, 0.1) is 38.2 Å². The maximum atomic E-state index is 12.5. The summed E-state index contributed by atoms with van der Waals surface area (Å²) in [6.45, 7) is 1.69. The quantitative estimate of drug-likeness (QED) is 0.601. The molecule has 0 fully saturated rings. The third-order valence-electron chi connectivity index (χ3n) is 4.37. The van der Waals surface area contributed by atoms with Gasteiger partial charge < -0.3 is 29.1 Å². The first-order valence-corrected chi connectivity index (χ1v) is 9.89. The first kappa shape index (κ1) is 21.6. The highest BCUT2D eigenvalue weighted by molar-refractivity contribution is 7.98. The van der Waals surface area contributed by atoms with E-state index in [0.29, 0.717) is 22.5 Å². The average molecular weight is 408 g/mol. The molecule has 0 aliphatic carbocycles. The molecule has 0 saturated carbocycles. The largest absolute Gasteiger partial charge is 0.548 e. The molecule has 1 aromatic carbocycles. The molecule has 1 N–H and O–H groups in total. The number of benzene rings is 1. The molecule has 1 heterocycles. The topological polar surface area (TPSA) is 118 Å². The van der Waals surface area contributed by atoms with E-state index >= 15 is 0 Å². The van der Waals surface area contributed by atoms with Gasteiger partial charge >= 0.3 is 5.63 Å². The van der Waals surface area contributed by atoms with Crippen molar-refractivity contribution in [2.45, 2.75) is 25.8 Å². The number of carboxylic acid groups (broad SMARTS) is 1. The van der Waals surface area contributed by atoms with Crippen LogP contribution in [0.15, 0.2) is 21.3 Å². The highest BCUT2D eigenvalue weighted by Crippen LogP contribution is 2.36. The van der Waals surface area contributed by atoms with Gasteiger partial charge in [0, 0.05) is 5.39 Å². The first-order chi connectivity index (χ1) is 13.3. The number of hydrogen-bond acceptors (Lipinski definition) is 8. The monoisotopic (exact) mass is 408 g/mol. The Balaban J connectivity index is 2.36. The fourth-order valence-corrected chi connectivity index (χ4v) is 3.33. The van der Waals surface area contributed by atoms with E-state index in [0.717, 1.165) is 0 Å². The summed E-state index contributed by atoms with van der Waals surface area (Å²) in [6, 6.07) is 2.27. The first-order valence-electron chi connectivity index (χ1n) is 8.50. The van der Waals surface area contributed by atoms with Crippen LogP contribution >= 0.6 is 11.8 Å². The maximum Gasteiger partial charge on any atom is 0.340 e. The number of rotatable bonds is 9. The van der Waals surface area contributed by atoms with Gasteiger partial charge in [0.2, 0.25) is 11.7 Å². The van der Waals surface area contributed by atoms with Crippen LogP contribution in [0.3, 0.4) is 0 Å². The summed E-state index contributed by atoms with van der Waals surface area (Å²) in [5, 5.41) is 14.2. The lowest BCUT2D eigenvalue weighted by atomic mass is 10.0. The zero-order valence-corrected chi connectivity index (χ0v) is 16.9. The van der Waals surface area contributed by atoms with Crippen LogP contribution in [0.5, 0.6) is 11.5 Å². The summed E-state index contributed by atoms with van der Waals surface area (Å²) >= 11 is 1.46. The number of fused-ring (bicyclic) bond motifs is 1. The number of methoxy groups -OCH3 is 2. The van der Waals surface area contributed by atoms with Crippen molar-refractivity contribution in [2.75, 3.05) is 26.2 Å². The Morgan fingerprint density at radius 1 is 1.29 bits per heavy atom. The fourth-order valence-electron chi connectivity index (χ4n) is 2.86. The molecule has 28 heavy (non-hydrogen) atoms. The Morgan fingerprint density at radius 3 is 2.57 bits per heavy atom. The molecule has 1 aromatic heterocycles. The predicted octanol–water partition coefficient (Wildman–Crippen LogP) is 0.649. The molecule has 1 amide bonds. The van der Waals surface area contributed by atoms with E-state index in [2.05, 4.69) is 5.32 Å². The Bertz CT molecular complexity index is 938. The minimum Gasteiger partial charge on any atom is -0.548 e. The van der Waals surface area contributed by atoms with Gasteiger partial charge in [-0.25, -0.2) is 4.79 Å². The van der Waals surface area contributed by atoms with Crippen molar-refractivity contribution >= 4 is 34.6 Å². The van der Waals surface area contributed by atoms with Gasteiger partial charge in [-0.15, -0.1) is 0 Å². The van der Waals surface area contributed by atoms with Gasteiger partial charge in [-0.2, -0.15) is 11.8 Å². The summed E-state index contributed by atoms with van der Waals surface area (Å²) < 4.78 is 15.9. The number of carbonyl (C=O) groups is 2. The number of carbonyl (C=O) groups excluding carboxylic acids is 2. The van der Waals surface area contributed by atoms with E-state index in [1.54, 1.807) is 19.1 Å². The highest BCUT2D eigenvalue weighted by Gasteiger charge is 2.21. The Labute approximate surface area is 166 Å². The molecule has 9 heteroatoms. The molecule has 0 aliphatic rings. The van der Waals surface area contributed by atoms with Crippen molar-refractivity contribution in [2.24, 2.45) is 0 Å². The van der Waals surface area contributed by atoms with Gasteiger partial charge in [-0.1, -0.05) is 0 Å². The molecule has 0 bridgehead atoms. The minimum absolute atomic E-state index is 0.152. The average Bonchev–Trinajstić information content (AvgIpc) is 2.67. The van der Waals surface area contributed by atoms with Crippen LogP contribution in [0.4, 0.5) is 0 Å². The molecule has 152 valence electrons. The summed E-state index contributed by atoms with van der Waals surface area (Å²) in [5.74, 6) is -0.705. The van der Waals surface area contributed by atoms with Gasteiger partial charge in [0.15, 0.2) is 11.3 Å². The highest BCUT2D eigenvalue weighted by atomic mass is 32.2. The summed E-state index contributed by atoms with van der Waals surface area (Å²) in [6.07, 6.45) is 1.76. The lowest BCUT2D eigenvalue weighted by Gasteiger charge is -2.19. The molecule has 0 aliphatic heterocycles. The van der Waals surface area contributed by atoms with Crippen molar-refractivity contribution in [3.8, 4) is 11.5 Å². The molecule has 0 saturated heterocycles. The van der Waals surface area contributed by atoms with Crippen LogP contribution in [-0.4, -0.2) is 44.1 Å². The second-order valence-corrected chi connectivity index (χ2v) is 7.05. The lowest BCUT2D eigenvalue weighted by Crippen LogP contribution is -2.48. The van der Waals surface area contributed by atoms with Crippen LogP contribution in [0.1, 0.15) is 17.5 Å². The van der Waals surface area contributed by atoms with Crippen molar-refractivity contribution in [1.29, 1.82) is 0 Å². The number of ether oxygens (including phenoxy) is 2. The van der Waals surface area contributed by atoms with E-state index in [-0.39, 0.29) is 29.7 Å². The number of nitrogens with one attached hydrogen (secondary N) is 1. The Hall–Kier alpha value is -2.68. The molecular formula is C19H22NO7S-. The van der Waals surface area contributed by atoms with Crippen molar-refractivity contribution in [1.82, 2.24) is 5.32 Å². The Kier molecular flexibility index (Phi) is 7.33. The molecular weight excluding hydrogens is 386 g/mol. The van der Waals surface area contributed by atoms with Crippen molar-refractivity contribution in [3.63, 3.8) is 0 Å². The molecule has 1 atom stereocenters. The van der Waals surface area contributed by atoms with Crippen molar-refractivity contribution < 1.29 is 28.6 Å². The van der Waals surface area contributed by atoms with Crippen LogP contribution in [0.25, 0.3) is 11.0 Å². The van der Waals surface area contributed by atoms with Crippen LogP contribution in [0.2, 0.25) is 0 Å². The fraction of sp³-hybridized carbons (Fsp3) is 0.421. The third-order valence-corrected chi connectivity index (χ3v) is 5.01. The number of carboxylic acids is 1. The van der Waals surface area contributed by atoms with Gasteiger partial charge in [0.1, 0.15) is 0 Å². The van der Waals surface area contributed by atoms with Crippen molar-refractivity contribution in [3.05, 3.63) is 33.7 Å². The second kappa shape index (κ2) is 9.50. The molecule has 0 radical (unpaired) electrons. The van der Waals surface area contributed by atoms with Gasteiger partial charge in [-0.05, 0) is 43.0 Å². The van der Waals surface area contributed by atoms with Crippen LogP contribution < -0.4 is 25.5 Å². The number of thioether (sulfide) groups is 1. The molecule has 2 aromatic rings. The molecule has 8 nitrogen and oxygen atoms in total. The minimum atomic E-state index is -1.36. The molecule has 0 spiro atoms. The van der Waals surface area contributed by atoms with Crippen LogP contribution in [-0.2, 0) is 16.0 Å². The maximum absolute atomic E-state index is 12.5. The lowest BCUT2D eigenvalue weighted by molar-refractivity contribution is -0.308. The third kappa shape index (κ3) is 4.59. The van der Waals surface area contributed by atoms with E-state index in [1.165, 1.54) is 26.0 Å². The summed E-state index contributed by atoms with van der Waals surface area (Å²) in [5.41, 5.74) is 0.234. The summed E-state index contributed by atoms with van der Waals surface area (Å²) in [7, 11) is 2.90. The van der Waals surface area contributed by atoms with Gasteiger partial charge in [-0.3, -0.25) is 4.79 Å². The van der Waals surface area contributed by atoms with E-state index in [9.17, 15) is 19.5 Å². The SMILES string of the molecule is COc1ccc2c(C)c(CC(=O)N[C@@H](CCSC)C(=O)[O-])c(=O)oc2c1OC.